The maximum absolute atomic E-state index is 5.90. The lowest BCUT2D eigenvalue weighted by molar-refractivity contribution is 0.945. The van der Waals surface area contributed by atoms with Crippen LogP contribution in [-0.4, -0.2) is 14.6 Å². The molecule has 0 saturated heterocycles. The molecule has 3 rings (SSSR count). The summed E-state index contributed by atoms with van der Waals surface area (Å²) >= 11 is 7.37. The van der Waals surface area contributed by atoms with Gasteiger partial charge in [0, 0.05) is 18.3 Å². The topological polar surface area (TPSA) is 56.2 Å². The number of pyridine rings is 1. The van der Waals surface area contributed by atoms with Crippen LogP contribution in [0.15, 0.2) is 30.5 Å². The second kappa shape index (κ2) is 4.10. The molecule has 3 aromatic rings. The van der Waals surface area contributed by atoms with Crippen molar-refractivity contribution in [2.24, 2.45) is 5.73 Å². The van der Waals surface area contributed by atoms with Crippen LogP contribution in [-0.2, 0) is 6.54 Å². The maximum Gasteiger partial charge on any atom is 0.192 e. The number of hydrogen-bond donors (Lipinski definition) is 1. The molecule has 0 radical (unpaired) electrons. The van der Waals surface area contributed by atoms with E-state index in [-0.39, 0.29) is 0 Å². The highest BCUT2D eigenvalue weighted by molar-refractivity contribution is 7.19. The van der Waals surface area contributed by atoms with Crippen molar-refractivity contribution >= 4 is 28.6 Å². The SMILES string of the molecule is NCc1cccn2nc(-c3ccc(Cl)s3)nc12. The number of thiophene rings is 1. The minimum Gasteiger partial charge on any atom is -0.326 e. The van der Waals surface area contributed by atoms with Crippen molar-refractivity contribution < 1.29 is 0 Å². The van der Waals surface area contributed by atoms with Crippen LogP contribution in [0.3, 0.4) is 0 Å². The van der Waals surface area contributed by atoms with Crippen LogP contribution < -0.4 is 5.73 Å². The quantitative estimate of drug-likeness (QED) is 0.774. The fourth-order valence-corrected chi connectivity index (χ4v) is 2.63. The van der Waals surface area contributed by atoms with Gasteiger partial charge in [-0.25, -0.2) is 9.50 Å². The average molecular weight is 265 g/mol. The van der Waals surface area contributed by atoms with Gasteiger partial charge in [-0.2, -0.15) is 0 Å². The Balaban J connectivity index is 2.19. The van der Waals surface area contributed by atoms with E-state index in [0.717, 1.165) is 20.4 Å². The van der Waals surface area contributed by atoms with Crippen LogP contribution in [0.2, 0.25) is 4.34 Å². The molecule has 0 aromatic carbocycles. The van der Waals surface area contributed by atoms with Gasteiger partial charge in [0.2, 0.25) is 0 Å². The van der Waals surface area contributed by atoms with E-state index in [0.29, 0.717) is 12.4 Å². The van der Waals surface area contributed by atoms with E-state index < -0.39 is 0 Å². The third-order valence-electron chi connectivity index (χ3n) is 2.46. The summed E-state index contributed by atoms with van der Waals surface area (Å²) in [5, 5.41) is 4.41. The van der Waals surface area contributed by atoms with Crippen molar-refractivity contribution in [1.82, 2.24) is 14.6 Å². The van der Waals surface area contributed by atoms with Crippen molar-refractivity contribution in [3.63, 3.8) is 0 Å². The van der Waals surface area contributed by atoms with E-state index in [1.54, 1.807) is 4.52 Å². The summed E-state index contributed by atoms with van der Waals surface area (Å²) in [7, 11) is 0. The van der Waals surface area contributed by atoms with Gasteiger partial charge in [-0.05, 0) is 18.2 Å². The molecule has 0 unspecified atom stereocenters. The third kappa shape index (κ3) is 1.82. The van der Waals surface area contributed by atoms with E-state index in [1.807, 2.05) is 30.5 Å². The number of nitrogens with zero attached hydrogens (tertiary/aromatic N) is 3. The first-order chi connectivity index (χ1) is 8.28. The Kier molecular flexibility index (Phi) is 2.58. The maximum atomic E-state index is 5.90. The van der Waals surface area contributed by atoms with Crippen molar-refractivity contribution in [3.05, 3.63) is 40.4 Å². The molecule has 0 aliphatic rings. The fraction of sp³-hybridized carbons (Fsp3) is 0.0909. The second-order valence-electron chi connectivity index (χ2n) is 3.54. The Labute approximate surface area is 107 Å². The zero-order valence-corrected chi connectivity index (χ0v) is 10.4. The molecule has 4 nitrogen and oxygen atoms in total. The van der Waals surface area contributed by atoms with Gasteiger partial charge in [0.15, 0.2) is 11.5 Å². The Bertz CT molecular complexity index is 673. The molecule has 6 heteroatoms. The van der Waals surface area contributed by atoms with Gasteiger partial charge in [0.25, 0.3) is 0 Å². The van der Waals surface area contributed by atoms with Gasteiger partial charge < -0.3 is 5.73 Å². The lowest BCUT2D eigenvalue weighted by atomic mass is 10.3. The zero-order valence-electron chi connectivity index (χ0n) is 8.80. The molecule has 0 aliphatic heterocycles. The Morgan fingerprint density at radius 2 is 2.24 bits per heavy atom. The van der Waals surface area contributed by atoms with Gasteiger partial charge in [-0.1, -0.05) is 17.7 Å². The second-order valence-corrected chi connectivity index (χ2v) is 5.26. The first-order valence-electron chi connectivity index (χ1n) is 5.08. The Morgan fingerprint density at radius 3 is 2.94 bits per heavy atom. The highest BCUT2D eigenvalue weighted by atomic mass is 35.5. The van der Waals surface area contributed by atoms with Crippen molar-refractivity contribution in [2.75, 3.05) is 0 Å². The summed E-state index contributed by atoms with van der Waals surface area (Å²) in [6.07, 6.45) is 1.86. The average Bonchev–Trinajstić information content (AvgIpc) is 2.93. The van der Waals surface area contributed by atoms with Crippen LogP contribution in [0.5, 0.6) is 0 Å². The monoisotopic (exact) mass is 264 g/mol. The number of nitrogens with two attached hydrogens (primary N) is 1. The molecule has 0 spiro atoms. The predicted molar refractivity (Wildman–Crippen MR) is 69.2 cm³/mol. The van der Waals surface area contributed by atoms with Gasteiger partial charge >= 0.3 is 0 Å². The summed E-state index contributed by atoms with van der Waals surface area (Å²) in [4.78, 5) is 5.45. The molecule has 3 heterocycles. The van der Waals surface area contributed by atoms with Gasteiger partial charge in [0.1, 0.15) is 0 Å². The molecule has 86 valence electrons. The smallest absolute Gasteiger partial charge is 0.192 e. The minimum absolute atomic E-state index is 0.452. The zero-order chi connectivity index (χ0) is 11.8. The van der Waals surface area contributed by atoms with E-state index in [4.69, 9.17) is 17.3 Å². The molecule has 2 N–H and O–H groups in total. The molecule has 3 aromatic heterocycles. The van der Waals surface area contributed by atoms with E-state index in [2.05, 4.69) is 10.1 Å². The summed E-state index contributed by atoms with van der Waals surface area (Å²) in [5.41, 5.74) is 7.45. The number of hydrogen-bond acceptors (Lipinski definition) is 4. The van der Waals surface area contributed by atoms with Crippen LogP contribution in [0, 0.1) is 0 Å². The van der Waals surface area contributed by atoms with Gasteiger partial charge in [0.05, 0.1) is 9.21 Å². The first kappa shape index (κ1) is 10.7. The van der Waals surface area contributed by atoms with Gasteiger partial charge in [-0.3, -0.25) is 0 Å². The van der Waals surface area contributed by atoms with Crippen molar-refractivity contribution in [2.45, 2.75) is 6.54 Å². The molecular weight excluding hydrogens is 256 g/mol. The van der Waals surface area contributed by atoms with E-state index >= 15 is 0 Å². The molecule has 0 bridgehead atoms. The highest BCUT2D eigenvalue weighted by Gasteiger charge is 2.10. The summed E-state index contributed by atoms with van der Waals surface area (Å²) in [5.74, 6) is 0.683. The van der Waals surface area contributed by atoms with Crippen LogP contribution in [0.1, 0.15) is 5.56 Å². The molecule has 0 amide bonds. The lowest BCUT2D eigenvalue weighted by Crippen LogP contribution is -1.99. The molecule has 17 heavy (non-hydrogen) atoms. The van der Waals surface area contributed by atoms with Gasteiger partial charge in [-0.15, -0.1) is 16.4 Å². The van der Waals surface area contributed by atoms with E-state index in [1.165, 1.54) is 11.3 Å². The predicted octanol–water partition coefficient (Wildman–Crippen LogP) is 2.57. The molecule has 0 atom stereocenters. The van der Waals surface area contributed by atoms with Crippen molar-refractivity contribution in [1.29, 1.82) is 0 Å². The van der Waals surface area contributed by atoms with Crippen molar-refractivity contribution in [3.8, 4) is 10.7 Å². The number of rotatable bonds is 2. The Hall–Kier alpha value is -1.43. The normalized spacial score (nSPS) is 11.2. The number of fused-ring (bicyclic) bond motifs is 1. The van der Waals surface area contributed by atoms with Crippen LogP contribution >= 0.6 is 22.9 Å². The fourth-order valence-electron chi connectivity index (χ4n) is 1.66. The van der Waals surface area contributed by atoms with Crippen LogP contribution in [0.25, 0.3) is 16.3 Å². The van der Waals surface area contributed by atoms with Crippen LogP contribution in [0.4, 0.5) is 0 Å². The molecular formula is C11H9ClN4S. The first-order valence-corrected chi connectivity index (χ1v) is 6.27. The lowest BCUT2D eigenvalue weighted by Gasteiger charge is -1.96. The largest absolute Gasteiger partial charge is 0.326 e. The molecule has 0 saturated carbocycles. The highest BCUT2D eigenvalue weighted by Crippen LogP contribution is 2.29. The Morgan fingerprint density at radius 1 is 1.35 bits per heavy atom. The standard InChI is InChI=1S/C11H9ClN4S/c12-9-4-3-8(17-9)10-14-11-7(6-13)2-1-5-16(11)15-10/h1-5H,6,13H2. The number of aromatic nitrogens is 3. The number of halogens is 1. The summed E-state index contributed by atoms with van der Waals surface area (Å²) < 4.78 is 2.48. The summed E-state index contributed by atoms with van der Waals surface area (Å²) in [6.45, 7) is 0.452. The molecule has 0 fully saturated rings. The minimum atomic E-state index is 0.452. The third-order valence-corrected chi connectivity index (χ3v) is 3.68. The summed E-state index contributed by atoms with van der Waals surface area (Å²) in [6, 6.07) is 7.63. The molecule has 0 aliphatic carbocycles. The van der Waals surface area contributed by atoms with E-state index in [9.17, 15) is 0 Å².